The lowest BCUT2D eigenvalue weighted by Crippen LogP contribution is -2.39. The monoisotopic (exact) mass is 343 g/mol. The number of H-pyrrole nitrogens is 1. The average Bonchev–Trinajstić information content (AvgIpc) is 2.64. The molecule has 1 aromatic heterocycles. The second kappa shape index (κ2) is 7.68. The van der Waals surface area contributed by atoms with Crippen molar-refractivity contribution in [2.24, 2.45) is 5.92 Å². The Morgan fingerprint density at radius 3 is 2.52 bits per heavy atom. The summed E-state index contributed by atoms with van der Waals surface area (Å²) in [7, 11) is 0. The molecule has 6 nitrogen and oxygen atoms in total. The summed E-state index contributed by atoms with van der Waals surface area (Å²) in [6, 6.07) is 6.95. The van der Waals surface area contributed by atoms with E-state index in [0.29, 0.717) is 10.8 Å². The zero-order valence-corrected chi connectivity index (χ0v) is 14.6. The predicted molar refractivity (Wildman–Crippen MR) is 97.6 cm³/mol. The van der Waals surface area contributed by atoms with Gasteiger partial charge in [-0.05, 0) is 43.7 Å². The Kier molecular flexibility index (Phi) is 5.36. The van der Waals surface area contributed by atoms with Crippen LogP contribution in [0.3, 0.4) is 0 Å². The van der Waals surface area contributed by atoms with Crippen LogP contribution >= 0.6 is 0 Å². The standard InChI is InChI=1S/C19H25N3O3/c1-2-13-7-9-14(10-8-13)20-17(23)11-12-22-19(25)16-6-4-3-5-15(16)18(24)21-22/h3-6,13-14H,2,7-12H2,1H3,(H,20,23)(H,21,24). The van der Waals surface area contributed by atoms with Gasteiger partial charge < -0.3 is 5.32 Å². The molecule has 1 aromatic carbocycles. The van der Waals surface area contributed by atoms with Gasteiger partial charge in [0.15, 0.2) is 0 Å². The summed E-state index contributed by atoms with van der Waals surface area (Å²) < 4.78 is 1.23. The topological polar surface area (TPSA) is 84.0 Å². The number of aryl methyl sites for hydroxylation is 1. The van der Waals surface area contributed by atoms with E-state index in [9.17, 15) is 14.4 Å². The van der Waals surface area contributed by atoms with Crippen LogP contribution in [0.25, 0.3) is 10.8 Å². The molecule has 1 amide bonds. The Balaban J connectivity index is 1.61. The van der Waals surface area contributed by atoms with E-state index in [1.54, 1.807) is 24.3 Å². The summed E-state index contributed by atoms with van der Waals surface area (Å²) in [5.41, 5.74) is -0.583. The molecular formula is C19H25N3O3. The molecule has 0 atom stereocenters. The highest BCUT2D eigenvalue weighted by Crippen LogP contribution is 2.26. The van der Waals surface area contributed by atoms with E-state index in [2.05, 4.69) is 17.3 Å². The van der Waals surface area contributed by atoms with Gasteiger partial charge in [0.2, 0.25) is 5.91 Å². The molecule has 0 radical (unpaired) electrons. The van der Waals surface area contributed by atoms with E-state index in [4.69, 9.17) is 0 Å². The van der Waals surface area contributed by atoms with Gasteiger partial charge in [-0.1, -0.05) is 25.5 Å². The van der Waals surface area contributed by atoms with Crippen LogP contribution in [0.5, 0.6) is 0 Å². The molecular weight excluding hydrogens is 318 g/mol. The third kappa shape index (κ3) is 4.00. The van der Waals surface area contributed by atoms with Gasteiger partial charge in [-0.2, -0.15) is 0 Å². The normalized spacial score (nSPS) is 20.5. The molecule has 1 aliphatic rings. The Labute approximate surface area is 146 Å². The third-order valence-corrected chi connectivity index (χ3v) is 5.24. The Morgan fingerprint density at radius 1 is 1.16 bits per heavy atom. The van der Waals surface area contributed by atoms with Crippen molar-refractivity contribution in [2.45, 2.75) is 58.0 Å². The van der Waals surface area contributed by atoms with Gasteiger partial charge >= 0.3 is 0 Å². The minimum atomic E-state index is -0.312. The van der Waals surface area contributed by atoms with Gasteiger partial charge in [0.05, 0.1) is 17.3 Å². The zero-order chi connectivity index (χ0) is 17.8. The SMILES string of the molecule is CCC1CCC(NC(=O)CCn2[nH]c(=O)c3ccccc3c2=O)CC1. The van der Waals surface area contributed by atoms with E-state index in [1.165, 1.54) is 23.9 Å². The van der Waals surface area contributed by atoms with E-state index >= 15 is 0 Å². The molecule has 0 spiro atoms. The van der Waals surface area contributed by atoms with Gasteiger partial charge in [0.1, 0.15) is 0 Å². The molecule has 0 saturated heterocycles. The zero-order valence-electron chi connectivity index (χ0n) is 14.6. The highest BCUT2D eigenvalue weighted by Gasteiger charge is 2.21. The van der Waals surface area contributed by atoms with Crippen molar-refractivity contribution in [1.29, 1.82) is 0 Å². The van der Waals surface area contributed by atoms with Gasteiger partial charge in [-0.15, -0.1) is 0 Å². The maximum atomic E-state index is 12.4. The molecule has 1 saturated carbocycles. The van der Waals surface area contributed by atoms with Crippen LogP contribution in [-0.4, -0.2) is 21.7 Å². The first-order chi connectivity index (χ1) is 12.1. The number of aromatic nitrogens is 2. The number of benzene rings is 1. The van der Waals surface area contributed by atoms with Crippen molar-refractivity contribution in [2.75, 3.05) is 0 Å². The first-order valence-electron chi connectivity index (χ1n) is 9.09. The second-order valence-corrected chi connectivity index (χ2v) is 6.89. The fourth-order valence-electron chi connectivity index (χ4n) is 3.63. The fourth-order valence-corrected chi connectivity index (χ4v) is 3.63. The number of carbonyl (C=O) groups is 1. The van der Waals surface area contributed by atoms with Gasteiger partial charge in [0.25, 0.3) is 11.1 Å². The molecule has 1 fully saturated rings. The summed E-state index contributed by atoms with van der Waals surface area (Å²) in [6.07, 6.45) is 5.77. The molecule has 2 N–H and O–H groups in total. The van der Waals surface area contributed by atoms with Gasteiger partial charge in [0, 0.05) is 12.5 Å². The molecule has 25 heavy (non-hydrogen) atoms. The molecule has 6 heteroatoms. The van der Waals surface area contributed by atoms with Crippen molar-refractivity contribution in [1.82, 2.24) is 15.1 Å². The molecule has 1 aliphatic carbocycles. The van der Waals surface area contributed by atoms with Crippen molar-refractivity contribution < 1.29 is 4.79 Å². The minimum absolute atomic E-state index is 0.0687. The van der Waals surface area contributed by atoms with E-state index in [0.717, 1.165) is 18.8 Å². The molecule has 1 heterocycles. The first kappa shape index (κ1) is 17.5. The van der Waals surface area contributed by atoms with Gasteiger partial charge in [-0.25, -0.2) is 4.68 Å². The molecule has 0 bridgehead atoms. The number of amides is 1. The second-order valence-electron chi connectivity index (χ2n) is 6.89. The number of nitrogens with one attached hydrogen (secondary N) is 2. The van der Waals surface area contributed by atoms with Gasteiger partial charge in [-0.3, -0.25) is 19.5 Å². The maximum Gasteiger partial charge on any atom is 0.273 e. The number of carbonyl (C=O) groups excluding carboxylic acids is 1. The summed E-state index contributed by atoms with van der Waals surface area (Å²) in [5.74, 6) is 0.718. The number of aromatic amines is 1. The van der Waals surface area contributed by atoms with E-state index in [-0.39, 0.29) is 36.0 Å². The van der Waals surface area contributed by atoms with Crippen molar-refractivity contribution in [3.63, 3.8) is 0 Å². The van der Waals surface area contributed by atoms with Crippen LogP contribution in [0, 0.1) is 5.92 Å². The smallest absolute Gasteiger partial charge is 0.273 e. The van der Waals surface area contributed by atoms with Crippen LogP contribution in [0.1, 0.15) is 45.4 Å². The highest BCUT2D eigenvalue weighted by atomic mass is 16.2. The summed E-state index contributed by atoms with van der Waals surface area (Å²) in [5, 5.41) is 6.37. The minimum Gasteiger partial charge on any atom is -0.353 e. The number of fused-ring (bicyclic) bond motifs is 1. The Bertz CT molecular complexity index is 860. The molecule has 0 aliphatic heterocycles. The maximum absolute atomic E-state index is 12.4. The van der Waals surface area contributed by atoms with Crippen molar-refractivity contribution in [3.8, 4) is 0 Å². The van der Waals surface area contributed by atoms with Crippen LogP contribution < -0.4 is 16.4 Å². The summed E-state index contributed by atoms with van der Waals surface area (Å²) >= 11 is 0. The first-order valence-corrected chi connectivity index (χ1v) is 9.09. The van der Waals surface area contributed by atoms with E-state index in [1.807, 2.05) is 0 Å². The average molecular weight is 343 g/mol. The fraction of sp³-hybridized carbons (Fsp3) is 0.526. The lowest BCUT2D eigenvalue weighted by molar-refractivity contribution is -0.122. The lowest BCUT2D eigenvalue weighted by Gasteiger charge is -2.28. The van der Waals surface area contributed by atoms with E-state index < -0.39 is 0 Å². The number of rotatable bonds is 5. The molecule has 2 aromatic rings. The quantitative estimate of drug-likeness (QED) is 0.872. The third-order valence-electron chi connectivity index (χ3n) is 5.24. The van der Waals surface area contributed by atoms with Crippen molar-refractivity contribution >= 4 is 16.7 Å². The Hall–Kier alpha value is -2.37. The predicted octanol–water partition coefficient (Wildman–Crippen LogP) is 2.16. The molecule has 3 rings (SSSR count). The number of nitrogens with zero attached hydrogens (tertiary/aromatic N) is 1. The summed E-state index contributed by atoms with van der Waals surface area (Å²) in [6.45, 7) is 2.39. The van der Waals surface area contributed by atoms with Crippen LogP contribution in [-0.2, 0) is 11.3 Å². The molecule has 134 valence electrons. The van der Waals surface area contributed by atoms with Crippen molar-refractivity contribution in [3.05, 3.63) is 45.0 Å². The van der Waals surface area contributed by atoms with Crippen LogP contribution in [0.2, 0.25) is 0 Å². The van der Waals surface area contributed by atoms with Crippen LogP contribution in [0.4, 0.5) is 0 Å². The molecule has 0 unspecified atom stereocenters. The highest BCUT2D eigenvalue weighted by molar-refractivity contribution is 5.80. The lowest BCUT2D eigenvalue weighted by atomic mass is 9.84. The largest absolute Gasteiger partial charge is 0.353 e. The number of hydrogen-bond acceptors (Lipinski definition) is 3. The number of hydrogen-bond donors (Lipinski definition) is 2. The Morgan fingerprint density at radius 2 is 1.84 bits per heavy atom. The summed E-state index contributed by atoms with van der Waals surface area (Å²) in [4.78, 5) is 36.6. The van der Waals surface area contributed by atoms with Crippen LogP contribution in [0.15, 0.2) is 33.9 Å².